The fraction of sp³-hybridized carbons (Fsp3) is 0.538. The maximum atomic E-state index is 11.0. The SMILES string of the molecule is CCc1ccc(OCC(O)(C=C[C@@H]2[C@@H](CC=C=CCCC(=O)O)[C@@H](O)C[C@H]2O)CC)cc1. The van der Waals surface area contributed by atoms with E-state index in [9.17, 15) is 20.1 Å². The maximum Gasteiger partial charge on any atom is 0.303 e. The molecule has 1 fully saturated rings. The van der Waals surface area contributed by atoms with E-state index < -0.39 is 23.8 Å². The number of carboxylic acids is 1. The Balaban J connectivity index is 2.00. The molecule has 0 heterocycles. The van der Waals surface area contributed by atoms with Crippen molar-refractivity contribution in [2.24, 2.45) is 11.8 Å². The van der Waals surface area contributed by atoms with E-state index in [1.807, 2.05) is 31.2 Å². The number of allylic oxidation sites excluding steroid dienone is 1. The van der Waals surface area contributed by atoms with Gasteiger partial charge in [-0.3, -0.25) is 4.79 Å². The van der Waals surface area contributed by atoms with Crippen LogP contribution in [0.1, 0.15) is 51.5 Å². The van der Waals surface area contributed by atoms with E-state index in [-0.39, 0.29) is 31.3 Å². The zero-order valence-corrected chi connectivity index (χ0v) is 19.0. The van der Waals surface area contributed by atoms with Crippen LogP contribution < -0.4 is 4.74 Å². The number of hydrogen-bond acceptors (Lipinski definition) is 5. The Labute approximate surface area is 190 Å². The summed E-state index contributed by atoms with van der Waals surface area (Å²) in [7, 11) is 0. The van der Waals surface area contributed by atoms with E-state index in [1.54, 1.807) is 24.3 Å². The van der Waals surface area contributed by atoms with Crippen LogP contribution in [0.3, 0.4) is 0 Å². The molecule has 1 aromatic rings. The first-order chi connectivity index (χ1) is 15.3. The van der Waals surface area contributed by atoms with E-state index in [0.29, 0.717) is 25.0 Å². The Hall–Kier alpha value is -2.37. The highest BCUT2D eigenvalue weighted by molar-refractivity contribution is 5.66. The molecule has 0 spiro atoms. The Bertz CT molecular complexity index is 808. The Morgan fingerprint density at radius 2 is 1.91 bits per heavy atom. The molecule has 2 rings (SSSR count). The van der Waals surface area contributed by atoms with Crippen LogP contribution in [0.4, 0.5) is 0 Å². The molecule has 1 saturated carbocycles. The third kappa shape index (κ3) is 7.95. The summed E-state index contributed by atoms with van der Waals surface area (Å²) >= 11 is 0. The highest BCUT2D eigenvalue weighted by Crippen LogP contribution is 2.36. The van der Waals surface area contributed by atoms with Crippen LogP contribution in [-0.2, 0) is 11.2 Å². The fourth-order valence-electron chi connectivity index (χ4n) is 3.86. The van der Waals surface area contributed by atoms with Gasteiger partial charge >= 0.3 is 5.97 Å². The summed E-state index contributed by atoms with van der Waals surface area (Å²) in [5, 5.41) is 40.4. The number of rotatable bonds is 12. The number of ether oxygens (including phenoxy) is 1. The van der Waals surface area contributed by atoms with Gasteiger partial charge in [-0.05, 0) is 61.4 Å². The summed E-state index contributed by atoms with van der Waals surface area (Å²) in [6.45, 7) is 4.05. The second-order valence-corrected chi connectivity index (χ2v) is 8.46. The van der Waals surface area contributed by atoms with Crippen molar-refractivity contribution in [2.45, 2.75) is 70.2 Å². The van der Waals surface area contributed by atoms with Crippen molar-refractivity contribution in [3.63, 3.8) is 0 Å². The molecular formula is C26H36O6. The topological polar surface area (TPSA) is 107 Å². The first-order valence-corrected chi connectivity index (χ1v) is 11.4. The summed E-state index contributed by atoms with van der Waals surface area (Å²) in [5.41, 5.74) is 2.98. The Morgan fingerprint density at radius 3 is 2.53 bits per heavy atom. The van der Waals surface area contributed by atoms with Gasteiger partial charge in [0.2, 0.25) is 0 Å². The average molecular weight is 445 g/mol. The average Bonchev–Trinajstić information content (AvgIpc) is 3.05. The largest absolute Gasteiger partial charge is 0.490 e. The Kier molecular flexibility index (Phi) is 10.2. The van der Waals surface area contributed by atoms with E-state index in [0.717, 1.165) is 6.42 Å². The number of aliphatic carboxylic acids is 1. The predicted molar refractivity (Wildman–Crippen MR) is 123 cm³/mol. The summed E-state index contributed by atoms with van der Waals surface area (Å²) in [6.07, 6.45) is 8.18. The second kappa shape index (κ2) is 12.6. The monoisotopic (exact) mass is 444 g/mol. The molecule has 0 saturated heterocycles. The highest BCUT2D eigenvalue weighted by Gasteiger charge is 2.40. The second-order valence-electron chi connectivity index (χ2n) is 8.46. The molecule has 4 N–H and O–H groups in total. The minimum absolute atomic E-state index is 0.0530. The molecule has 0 bridgehead atoms. The van der Waals surface area contributed by atoms with Gasteiger partial charge in [0.1, 0.15) is 18.0 Å². The number of benzene rings is 1. The molecule has 1 aliphatic rings. The van der Waals surface area contributed by atoms with Crippen LogP contribution in [0, 0.1) is 11.8 Å². The molecule has 6 heteroatoms. The van der Waals surface area contributed by atoms with Crippen molar-refractivity contribution in [1.82, 2.24) is 0 Å². The van der Waals surface area contributed by atoms with Crippen molar-refractivity contribution in [3.05, 3.63) is 59.9 Å². The first-order valence-electron chi connectivity index (χ1n) is 11.4. The lowest BCUT2D eigenvalue weighted by molar-refractivity contribution is -0.136. The number of aryl methyl sites for hydroxylation is 1. The Morgan fingerprint density at radius 1 is 1.19 bits per heavy atom. The van der Waals surface area contributed by atoms with Crippen LogP contribution in [0.25, 0.3) is 0 Å². The van der Waals surface area contributed by atoms with Gasteiger partial charge in [0.05, 0.1) is 12.2 Å². The summed E-state index contributed by atoms with van der Waals surface area (Å²) in [4.78, 5) is 10.5. The van der Waals surface area contributed by atoms with Gasteiger partial charge in [-0.1, -0.05) is 38.1 Å². The minimum atomic E-state index is -1.19. The molecule has 1 aromatic carbocycles. The maximum absolute atomic E-state index is 11.0. The molecule has 0 aromatic heterocycles. The molecule has 32 heavy (non-hydrogen) atoms. The molecule has 6 nitrogen and oxygen atoms in total. The zero-order chi connectivity index (χ0) is 23.6. The highest BCUT2D eigenvalue weighted by atomic mass is 16.5. The van der Waals surface area contributed by atoms with E-state index in [4.69, 9.17) is 9.84 Å². The van der Waals surface area contributed by atoms with Crippen LogP contribution >= 0.6 is 0 Å². The van der Waals surface area contributed by atoms with Crippen molar-refractivity contribution in [3.8, 4) is 5.75 Å². The van der Waals surface area contributed by atoms with Gasteiger partial charge in [-0.15, -0.1) is 5.73 Å². The smallest absolute Gasteiger partial charge is 0.303 e. The standard InChI is InChI=1S/C26H36O6/c1-3-19-11-13-20(14-12-19)32-18-26(31,4-2)16-15-22-21(23(27)17-24(22)28)9-7-5-6-8-10-25(29)30/h6-7,11-16,21-24,27-28,31H,3-4,8-10,17-18H2,1-2H3,(H,29,30)/t5?,21-,22-,23+,24-,26?/m1/s1. The number of aliphatic hydroxyl groups excluding tert-OH is 2. The van der Waals surface area contributed by atoms with E-state index >= 15 is 0 Å². The third-order valence-electron chi connectivity index (χ3n) is 6.11. The zero-order valence-electron chi connectivity index (χ0n) is 19.0. The van der Waals surface area contributed by atoms with Crippen LogP contribution in [-0.4, -0.2) is 50.8 Å². The fourth-order valence-corrected chi connectivity index (χ4v) is 3.86. The number of hydrogen-bond donors (Lipinski definition) is 4. The van der Waals surface area contributed by atoms with Crippen molar-refractivity contribution >= 4 is 5.97 Å². The van der Waals surface area contributed by atoms with Crippen molar-refractivity contribution < 1.29 is 30.0 Å². The van der Waals surface area contributed by atoms with Gasteiger partial charge in [0.25, 0.3) is 0 Å². The van der Waals surface area contributed by atoms with Gasteiger partial charge in [0.15, 0.2) is 0 Å². The van der Waals surface area contributed by atoms with E-state index in [2.05, 4.69) is 12.7 Å². The minimum Gasteiger partial charge on any atom is -0.490 e. The summed E-state index contributed by atoms with van der Waals surface area (Å²) < 4.78 is 5.80. The number of aliphatic hydroxyl groups is 3. The van der Waals surface area contributed by atoms with Crippen LogP contribution in [0.5, 0.6) is 5.75 Å². The third-order valence-corrected chi connectivity index (χ3v) is 6.11. The van der Waals surface area contributed by atoms with Crippen LogP contribution in [0.2, 0.25) is 0 Å². The molecule has 0 amide bonds. The number of carbonyl (C=O) groups is 1. The molecular weight excluding hydrogens is 408 g/mol. The molecule has 0 radical (unpaired) electrons. The molecule has 1 unspecified atom stereocenters. The van der Waals surface area contributed by atoms with Gasteiger partial charge in [-0.2, -0.15) is 0 Å². The van der Waals surface area contributed by atoms with Gasteiger partial charge in [0, 0.05) is 18.8 Å². The van der Waals surface area contributed by atoms with Crippen molar-refractivity contribution in [2.75, 3.05) is 6.61 Å². The van der Waals surface area contributed by atoms with Crippen LogP contribution in [0.15, 0.2) is 54.3 Å². The van der Waals surface area contributed by atoms with Gasteiger partial charge in [-0.25, -0.2) is 0 Å². The van der Waals surface area contributed by atoms with Crippen molar-refractivity contribution in [1.29, 1.82) is 0 Å². The molecule has 5 atom stereocenters. The van der Waals surface area contributed by atoms with E-state index in [1.165, 1.54) is 5.56 Å². The normalized spacial score (nSPS) is 24.7. The lowest BCUT2D eigenvalue weighted by Gasteiger charge is -2.25. The molecule has 1 aliphatic carbocycles. The quantitative estimate of drug-likeness (QED) is 0.290. The summed E-state index contributed by atoms with van der Waals surface area (Å²) in [5.74, 6) is -0.668. The lowest BCUT2D eigenvalue weighted by Crippen LogP contribution is -2.33. The number of carboxylic acid groups (broad SMARTS) is 1. The molecule has 176 valence electrons. The predicted octanol–water partition coefficient (Wildman–Crippen LogP) is 3.65. The first kappa shape index (κ1) is 25.9. The summed E-state index contributed by atoms with van der Waals surface area (Å²) in [6, 6.07) is 7.78. The van der Waals surface area contributed by atoms with Gasteiger partial charge < -0.3 is 25.2 Å². The lowest BCUT2D eigenvalue weighted by atomic mass is 9.88. The molecule has 0 aliphatic heterocycles.